The van der Waals surface area contributed by atoms with Crippen LogP contribution in [0.25, 0.3) is 10.9 Å². The monoisotopic (exact) mass is 274 g/mol. The number of amides is 1. The van der Waals surface area contributed by atoms with Crippen LogP contribution < -0.4 is 4.74 Å². The summed E-state index contributed by atoms with van der Waals surface area (Å²) in [6.07, 6.45) is 3.74. The molecule has 2 rings (SSSR count). The molecule has 0 bridgehead atoms. The highest BCUT2D eigenvalue weighted by atomic mass is 16.5. The molecule has 0 fully saturated rings. The third kappa shape index (κ3) is 2.79. The van der Waals surface area contributed by atoms with Crippen LogP contribution in [0, 0.1) is 0 Å². The first-order valence-electron chi connectivity index (χ1n) is 7.15. The summed E-state index contributed by atoms with van der Waals surface area (Å²) in [5, 5.41) is 0.923. The van der Waals surface area contributed by atoms with Crippen LogP contribution in [0.1, 0.15) is 37.0 Å². The Morgan fingerprint density at radius 3 is 2.55 bits per heavy atom. The largest absolute Gasteiger partial charge is 0.497 e. The van der Waals surface area contributed by atoms with Gasteiger partial charge in [0.25, 0.3) is 5.91 Å². The minimum absolute atomic E-state index is 0.0909. The van der Waals surface area contributed by atoms with Crippen molar-refractivity contribution in [2.24, 2.45) is 0 Å². The molecular formula is C16H22N2O2. The van der Waals surface area contributed by atoms with Crippen molar-refractivity contribution in [3.05, 3.63) is 30.0 Å². The van der Waals surface area contributed by atoms with E-state index in [0.717, 1.165) is 48.1 Å². The zero-order valence-corrected chi connectivity index (χ0v) is 12.4. The fraction of sp³-hybridized carbons (Fsp3) is 0.438. The van der Waals surface area contributed by atoms with E-state index >= 15 is 0 Å². The molecule has 108 valence electrons. The summed E-state index contributed by atoms with van der Waals surface area (Å²) in [7, 11) is 1.63. The van der Waals surface area contributed by atoms with E-state index in [1.807, 2.05) is 23.1 Å². The Labute approximate surface area is 119 Å². The Morgan fingerprint density at radius 1 is 1.25 bits per heavy atom. The highest BCUT2D eigenvalue weighted by Gasteiger charge is 2.18. The van der Waals surface area contributed by atoms with Gasteiger partial charge in [0.05, 0.1) is 12.7 Å². The molecule has 4 nitrogen and oxygen atoms in total. The number of carbonyl (C=O) groups is 1. The number of nitrogens with zero attached hydrogens (tertiary/aromatic N) is 1. The van der Waals surface area contributed by atoms with Gasteiger partial charge in [0.15, 0.2) is 0 Å². The average Bonchev–Trinajstić information content (AvgIpc) is 2.89. The van der Waals surface area contributed by atoms with E-state index in [0.29, 0.717) is 0 Å². The van der Waals surface area contributed by atoms with Crippen LogP contribution in [0.5, 0.6) is 5.75 Å². The van der Waals surface area contributed by atoms with Crippen LogP contribution in [0.3, 0.4) is 0 Å². The highest BCUT2D eigenvalue weighted by Crippen LogP contribution is 2.24. The first-order chi connectivity index (χ1) is 9.71. The van der Waals surface area contributed by atoms with E-state index in [2.05, 4.69) is 18.8 Å². The first kappa shape index (κ1) is 14.4. The summed E-state index contributed by atoms with van der Waals surface area (Å²) in [4.78, 5) is 17.7. The summed E-state index contributed by atoms with van der Waals surface area (Å²) < 4.78 is 5.24. The van der Waals surface area contributed by atoms with E-state index < -0.39 is 0 Å². The third-order valence-electron chi connectivity index (χ3n) is 3.39. The van der Waals surface area contributed by atoms with Crippen molar-refractivity contribution in [3.8, 4) is 5.75 Å². The standard InChI is InChI=1S/C16H22N2O2/c1-4-8-18(9-5-2)16(19)14-11-17-15-7-6-12(20-3)10-13(14)15/h6-7,10-11,17H,4-5,8-9H2,1-3H3. The van der Waals surface area contributed by atoms with Crippen LogP contribution in [-0.2, 0) is 0 Å². The molecule has 0 radical (unpaired) electrons. The van der Waals surface area contributed by atoms with Crippen LogP contribution in [0.2, 0.25) is 0 Å². The molecule has 0 aliphatic heterocycles. The zero-order chi connectivity index (χ0) is 14.5. The fourth-order valence-electron chi connectivity index (χ4n) is 2.43. The SMILES string of the molecule is CCCN(CCC)C(=O)c1c[nH]c2ccc(OC)cc12. The molecule has 0 atom stereocenters. The number of hydrogen-bond donors (Lipinski definition) is 1. The first-order valence-corrected chi connectivity index (χ1v) is 7.15. The normalized spacial score (nSPS) is 10.8. The van der Waals surface area contributed by atoms with Gasteiger partial charge in [0, 0.05) is 30.2 Å². The van der Waals surface area contributed by atoms with Crippen molar-refractivity contribution in [1.29, 1.82) is 0 Å². The number of aromatic nitrogens is 1. The molecule has 0 saturated heterocycles. The molecular weight excluding hydrogens is 252 g/mol. The van der Waals surface area contributed by atoms with Gasteiger partial charge in [-0.2, -0.15) is 0 Å². The van der Waals surface area contributed by atoms with E-state index in [9.17, 15) is 4.79 Å². The van der Waals surface area contributed by atoms with Gasteiger partial charge in [0.2, 0.25) is 0 Å². The maximum atomic E-state index is 12.7. The Hall–Kier alpha value is -1.97. The number of hydrogen-bond acceptors (Lipinski definition) is 2. The minimum Gasteiger partial charge on any atom is -0.497 e. The summed E-state index contributed by atoms with van der Waals surface area (Å²) in [6, 6.07) is 5.74. The molecule has 1 amide bonds. The number of rotatable bonds is 6. The lowest BCUT2D eigenvalue weighted by Crippen LogP contribution is -2.32. The van der Waals surface area contributed by atoms with Gasteiger partial charge >= 0.3 is 0 Å². The molecule has 1 heterocycles. The van der Waals surface area contributed by atoms with E-state index in [1.54, 1.807) is 13.3 Å². The van der Waals surface area contributed by atoms with Gasteiger partial charge in [0.1, 0.15) is 5.75 Å². The van der Waals surface area contributed by atoms with Crippen LogP contribution in [0.4, 0.5) is 0 Å². The fourth-order valence-corrected chi connectivity index (χ4v) is 2.43. The number of fused-ring (bicyclic) bond motifs is 1. The van der Waals surface area contributed by atoms with Gasteiger partial charge in [-0.15, -0.1) is 0 Å². The van der Waals surface area contributed by atoms with Gasteiger partial charge in [-0.25, -0.2) is 0 Å². The zero-order valence-electron chi connectivity index (χ0n) is 12.4. The molecule has 0 aliphatic rings. The van der Waals surface area contributed by atoms with Gasteiger partial charge in [-0.1, -0.05) is 13.8 Å². The number of nitrogens with one attached hydrogen (secondary N) is 1. The van der Waals surface area contributed by atoms with Crippen molar-refractivity contribution in [3.63, 3.8) is 0 Å². The maximum absolute atomic E-state index is 12.7. The lowest BCUT2D eigenvalue weighted by molar-refractivity contribution is 0.0757. The molecule has 0 saturated carbocycles. The summed E-state index contributed by atoms with van der Waals surface area (Å²) >= 11 is 0. The quantitative estimate of drug-likeness (QED) is 0.877. The smallest absolute Gasteiger partial charge is 0.256 e. The molecule has 0 unspecified atom stereocenters. The molecule has 0 aliphatic carbocycles. The molecule has 0 spiro atoms. The summed E-state index contributed by atoms with van der Waals surface area (Å²) in [5.41, 5.74) is 1.68. The highest BCUT2D eigenvalue weighted by molar-refractivity contribution is 6.07. The number of methoxy groups -OCH3 is 1. The Kier molecular flexibility index (Phi) is 4.66. The number of carbonyl (C=O) groups excluding carboxylic acids is 1. The average molecular weight is 274 g/mol. The lowest BCUT2D eigenvalue weighted by Gasteiger charge is -2.21. The second-order valence-corrected chi connectivity index (χ2v) is 4.91. The molecule has 1 aromatic heterocycles. The number of H-pyrrole nitrogens is 1. The third-order valence-corrected chi connectivity index (χ3v) is 3.39. The number of ether oxygens (including phenoxy) is 1. The maximum Gasteiger partial charge on any atom is 0.256 e. The molecule has 2 aromatic rings. The Morgan fingerprint density at radius 2 is 1.95 bits per heavy atom. The van der Waals surface area contributed by atoms with Crippen molar-refractivity contribution in [1.82, 2.24) is 9.88 Å². The van der Waals surface area contributed by atoms with Crippen LogP contribution >= 0.6 is 0 Å². The Balaban J connectivity index is 2.37. The van der Waals surface area contributed by atoms with Crippen LogP contribution in [-0.4, -0.2) is 36.0 Å². The van der Waals surface area contributed by atoms with Crippen molar-refractivity contribution in [2.75, 3.05) is 20.2 Å². The number of benzene rings is 1. The second kappa shape index (κ2) is 6.46. The molecule has 4 heteroatoms. The number of aromatic amines is 1. The minimum atomic E-state index is 0.0909. The molecule has 1 aromatic carbocycles. The summed E-state index contributed by atoms with van der Waals surface area (Å²) in [6.45, 7) is 5.77. The topological polar surface area (TPSA) is 45.3 Å². The van der Waals surface area contributed by atoms with Crippen molar-refractivity contribution in [2.45, 2.75) is 26.7 Å². The predicted molar refractivity (Wildman–Crippen MR) is 81.3 cm³/mol. The van der Waals surface area contributed by atoms with E-state index in [-0.39, 0.29) is 5.91 Å². The van der Waals surface area contributed by atoms with Gasteiger partial charge in [-0.05, 0) is 31.0 Å². The van der Waals surface area contributed by atoms with E-state index in [1.165, 1.54) is 0 Å². The van der Waals surface area contributed by atoms with E-state index in [4.69, 9.17) is 4.74 Å². The molecule has 20 heavy (non-hydrogen) atoms. The van der Waals surface area contributed by atoms with Crippen molar-refractivity contribution < 1.29 is 9.53 Å². The van der Waals surface area contributed by atoms with Gasteiger partial charge in [-0.3, -0.25) is 4.79 Å². The second-order valence-electron chi connectivity index (χ2n) is 4.91. The van der Waals surface area contributed by atoms with Gasteiger partial charge < -0.3 is 14.6 Å². The Bertz CT molecular complexity index is 583. The predicted octanol–water partition coefficient (Wildman–Crippen LogP) is 3.44. The lowest BCUT2D eigenvalue weighted by atomic mass is 10.1. The van der Waals surface area contributed by atoms with Crippen molar-refractivity contribution >= 4 is 16.8 Å². The summed E-state index contributed by atoms with van der Waals surface area (Å²) in [5.74, 6) is 0.858. The van der Waals surface area contributed by atoms with Crippen LogP contribution in [0.15, 0.2) is 24.4 Å². The molecule has 1 N–H and O–H groups in total.